The van der Waals surface area contributed by atoms with E-state index in [0.717, 1.165) is 16.8 Å². The Morgan fingerprint density at radius 2 is 1.71 bits per heavy atom. The van der Waals surface area contributed by atoms with Gasteiger partial charge in [0.15, 0.2) is 0 Å². The summed E-state index contributed by atoms with van der Waals surface area (Å²) < 4.78 is 5.02. The van der Waals surface area contributed by atoms with Crippen LogP contribution in [0.1, 0.15) is 34.8 Å². The number of nitrogens with one attached hydrogen (secondary N) is 3. The first kappa shape index (κ1) is 22.8. The highest BCUT2D eigenvalue weighted by Crippen LogP contribution is 2.47. The van der Waals surface area contributed by atoms with Gasteiger partial charge in [0.25, 0.3) is 0 Å². The Labute approximate surface area is 203 Å². The lowest BCUT2D eigenvalue weighted by Crippen LogP contribution is -2.52. The quantitative estimate of drug-likeness (QED) is 0.477. The van der Waals surface area contributed by atoms with Crippen LogP contribution in [0.2, 0.25) is 0 Å². The second-order valence-corrected chi connectivity index (χ2v) is 8.91. The van der Waals surface area contributed by atoms with Crippen molar-refractivity contribution in [2.24, 2.45) is 5.92 Å². The van der Waals surface area contributed by atoms with Crippen LogP contribution in [-0.2, 0) is 26.3 Å². The largest absolute Gasteiger partial charge is 0.462 e. The summed E-state index contributed by atoms with van der Waals surface area (Å²) in [6.45, 7) is 2.04. The van der Waals surface area contributed by atoms with Gasteiger partial charge >= 0.3 is 5.97 Å². The van der Waals surface area contributed by atoms with Gasteiger partial charge in [0, 0.05) is 23.0 Å². The molecule has 0 radical (unpaired) electrons. The molecule has 2 amide bonds. The molecule has 3 aromatic rings. The fourth-order valence-corrected chi connectivity index (χ4v) is 5.18. The Morgan fingerprint density at radius 1 is 1.00 bits per heavy atom. The summed E-state index contributed by atoms with van der Waals surface area (Å²) in [6, 6.07) is 24.1. The number of rotatable bonds is 6. The Kier molecular flexibility index (Phi) is 6.09. The van der Waals surface area contributed by atoms with E-state index in [1.165, 1.54) is 0 Å². The minimum Gasteiger partial charge on any atom is -0.462 e. The molecule has 2 aliphatic heterocycles. The van der Waals surface area contributed by atoms with Crippen molar-refractivity contribution in [1.82, 2.24) is 5.32 Å². The number of ether oxygens (including phenoxy) is 1. The lowest BCUT2D eigenvalue weighted by atomic mass is 9.79. The highest BCUT2D eigenvalue weighted by Gasteiger charge is 2.59. The van der Waals surface area contributed by atoms with Crippen LogP contribution in [0.5, 0.6) is 0 Å². The van der Waals surface area contributed by atoms with E-state index in [4.69, 9.17) is 4.74 Å². The molecule has 7 nitrogen and oxygen atoms in total. The van der Waals surface area contributed by atoms with Crippen molar-refractivity contribution < 1.29 is 19.1 Å². The summed E-state index contributed by atoms with van der Waals surface area (Å²) >= 11 is 0. The van der Waals surface area contributed by atoms with E-state index in [9.17, 15) is 14.4 Å². The van der Waals surface area contributed by atoms with E-state index in [0.29, 0.717) is 30.7 Å². The highest BCUT2D eigenvalue weighted by atomic mass is 16.5. The molecule has 3 aromatic carbocycles. The average Bonchev–Trinajstić information content (AvgIpc) is 3.38. The molecule has 0 bridgehead atoms. The van der Waals surface area contributed by atoms with Crippen molar-refractivity contribution in [2.45, 2.75) is 31.3 Å². The Bertz CT molecular complexity index is 1260. The molecule has 178 valence electrons. The molecule has 3 N–H and O–H groups in total. The summed E-state index contributed by atoms with van der Waals surface area (Å²) in [7, 11) is 0. The predicted octanol–water partition coefficient (Wildman–Crippen LogP) is 3.87. The van der Waals surface area contributed by atoms with Gasteiger partial charge in [-0.15, -0.1) is 0 Å². The van der Waals surface area contributed by atoms with Gasteiger partial charge in [-0.25, -0.2) is 4.79 Å². The van der Waals surface area contributed by atoms with Gasteiger partial charge < -0.3 is 15.4 Å². The zero-order valence-corrected chi connectivity index (χ0v) is 19.4. The van der Waals surface area contributed by atoms with Gasteiger partial charge in [0.1, 0.15) is 5.54 Å². The standard InChI is InChI=1S/C28H27N3O4/c1-2-35-26(33)19-12-14-20(15-13-19)29-25(32)23-17-21(16-18-8-4-3-5-9-18)31-28(23)22-10-6-7-11-24(22)30-27(28)34/h3-15,21,23,31H,2,16-17H2,1H3,(H,29,32)(H,30,34)/t21-,23-,28+/m1/s1. The normalized spacial score (nSPS) is 22.5. The molecular weight excluding hydrogens is 442 g/mol. The second-order valence-electron chi connectivity index (χ2n) is 8.91. The van der Waals surface area contributed by atoms with Crippen molar-refractivity contribution in [3.63, 3.8) is 0 Å². The molecule has 35 heavy (non-hydrogen) atoms. The minimum absolute atomic E-state index is 0.0590. The number of amides is 2. The Morgan fingerprint density at radius 3 is 2.46 bits per heavy atom. The van der Waals surface area contributed by atoms with Crippen molar-refractivity contribution in [3.05, 3.63) is 95.6 Å². The fourth-order valence-electron chi connectivity index (χ4n) is 5.18. The monoisotopic (exact) mass is 469 g/mol. The maximum absolute atomic E-state index is 13.6. The maximum Gasteiger partial charge on any atom is 0.338 e. The van der Waals surface area contributed by atoms with E-state index in [1.807, 2.05) is 42.5 Å². The molecule has 0 unspecified atom stereocenters. The van der Waals surface area contributed by atoms with Crippen LogP contribution in [0.25, 0.3) is 0 Å². The zero-order chi connectivity index (χ0) is 24.4. The number of benzene rings is 3. The van der Waals surface area contributed by atoms with E-state index < -0.39 is 17.4 Å². The van der Waals surface area contributed by atoms with E-state index in [-0.39, 0.29) is 17.9 Å². The SMILES string of the molecule is CCOC(=O)c1ccc(NC(=O)[C@H]2C[C@@H](Cc3ccccc3)N[C@]23C(=O)Nc2ccccc23)cc1. The third kappa shape index (κ3) is 4.19. The summed E-state index contributed by atoms with van der Waals surface area (Å²) in [4.78, 5) is 39.0. The van der Waals surface area contributed by atoms with Crippen LogP contribution in [0, 0.1) is 5.92 Å². The maximum atomic E-state index is 13.6. The van der Waals surface area contributed by atoms with Crippen LogP contribution >= 0.6 is 0 Å². The topological polar surface area (TPSA) is 96.5 Å². The van der Waals surface area contributed by atoms with Gasteiger partial charge in [-0.1, -0.05) is 48.5 Å². The third-order valence-corrected chi connectivity index (χ3v) is 6.74. The van der Waals surface area contributed by atoms with Crippen molar-refractivity contribution in [1.29, 1.82) is 0 Å². The summed E-state index contributed by atoms with van der Waals surface area (Å²) in [6.07, 6.45) is 1.21. The number of para-hydroxylation sites is 1. The molecule has 5 rings (SSSR count). The molecule has 7 heteroatoms. The highest BCUT2D eigenvalue weighted by molar-refractivity contribution is 6.10. The second kappa shape index (κ2) is 9.35. The van der Waals surface area contributed by atoms with Crippen LogP contribution in [0.15, 0.2) is 78.9 Å². The van der Waals surface area contributed by atoms with Crippen LogP contribution in [-0.4, -0.2) is 30.4 Å². The van der Waals surface area contributed by atoms with Crippen LogP contribution in [0.4, 0.5) is 11.4 Å². The Balaban J connectivity index is 1.43. The first-order valence-corrected chi connectivity index (χ1v) is 11.8. The van der Waals surface area contributed by atoms with Crippen molar-refractivity contribution >= 4 is 29.2 Å². The fraction of sp³-hybridized carbons (Fsp3) is 0.250. The smallest absolute Gasteiger partial charge is 0.338 e. The molecule has 2 aliphatic rings. The molecule has 2 heterocycles. The van der Waals surface area contributed by atoms with Gasteiger partial charge in [-0.3, -0.25) is 14.9 Å². The number of fused-ring (bicyclic) bond motifs is 2. The number of carbonyl (C=O) groups is 3. The number of hydrogen-bond acceptors (Lipinski definition) is 5. The summed E-state index contributed by atoms with van der Waals surface area (Å²) in [5.74, 6) is -1.49. The van der Waals surface area contributed by atoms with Crippen LogP contribution < -0.4 is 16.0 Å². The average molecular weight is 470 g/mol. The molecule has 3 atom stereocenters. The third-order valence-electron chi connectivity index (χ3n) is 6.74. The number of anilines is 2. The molecule has 1 spiro atoms. The molecule has 0 saturated carbocycles. The van der Waals surface area contributed by atoms with E-state index in [2.05, 4.69) is 28.1 Å². The van der Waals surface area contributed by atoms with Gasteiger partial charge in [-0.2, -0.15) is 0 Å². The first-order valence-electron chi connectivity index (χ1n) is 11.8. The van der Waals surface area contributed by atoms with E-state index in [1.54, 1.807) is 31.2 Å². The molecular formula is C28H27N3O4. The molecule has 0 aliphatic carbocycles. The van der Waals surface area contributed by atoms with Crippen molar-refractivity contribution in [3.8, 4) is 0 Å². The van der Waals surface area contributed by atoms with E-state index >= 15 is 0 Å². The first-order chi connectivity index (χ1) is 17.0. The lowest BCUT2D eigenvalue weighted by molar-refractivity contribution is -0.130. The summed E-state index contributed by atoms with van der Waals surface area (Å²) in [5.41, 5.74) is 2.47. The minimum atomic E-state index is -1.15. The molecule has 0 aromatic heterocycles. The molecule has 1 fully saturated rings. The number of hydrogen-bond donors (Lipinski definition) is 3. The molecule has 1 saturated heterocycles. The Hall–Kier alpha value is -3.97. The number of esters is 1. The van der Waals surface area contributed by atoms with Gasteiger partial charge in [0.05, 0.1) is 18.1 Å². The van der Waals surface area contributed by atoms with Crippen LogP contribution in [0.3, 0.4) is 0 Å². The lowest BCUT2D eigenvalue weighted by Gasteiger charge is -2.29. The number of carbonyl (C=O) groups excluding carboxylic acids is 3. The van der Waals surface area contributed by atoms with Crippen molar-refractivity contribution in [2.75, 3.05) is 17.2 Å². The predicted molar refractivity (Wildman–Crippen MR) is 133 cm³/mol. The van der Waals surface area contributed by atoms with Gasteiger partial charge in [0.2, 0.25) is 11.8 Å². The zero-order valence-electron chi connectivity index (χ0n) is 19.4. The summed E-state index contributed by atoms with van der Waals surface area (Å²) in [5, 5.41) is 9.46. The van der Waals surface area contributed by atoms with Gasteiger partial charge in [-0.05, 0) is 55.7 Å².